The van der Waals surface area contributed by atoms with E-state index < -0.39 is 0 Å². The molecule has 3 aromatic rings. The molecule has 2 aromatic heterocycles. The van der Waals surface area contributed by atoms with E-state index in [0.717, 1.165) is 32.2 Å². The van der Waals surface area contributed by atoms with E-state index in [1.807, 2.05) is 25.1 Å². The van der Waals surface area contributed by atoms with E-state index in [1.54, 1.807) is 22.4 Å². The number of amides is 2. The molecule has 4 rings (SSSR count). The molecule has 0 unspecified atom stereocenters. The Balaban J connectivity index is 1.87. The Morgan fingerprint density at radius 3 is 2.50 bits per heavy atom. The van der Waals surface area contributed by atoms with Crippen molar-refractivity contribution >= 4 is 44.6 Å². The minimum absolute atomic E-state index is 0.0876. The van der Waals surface area contributed by atoms with Gasteiger partial charge in [-0.2, -0.15) is 0 Å². The second-order valence-electron chi connectivity index (χ2n) is 7.11. The normalized spacial score (nSPS) is 14.2. The van der Waals surface area contributed by atoms with Crippen molar-refractivity contribution in [3.63, 3.8) is 0 Å². The second-order valence-corrected chi connectivity index (χ2v) is 8.31. The monoisotopic (exact) mass is 337 g/mol. The predicted octanol–water partition coefficient (Wildman–Crippen LogP) is 5.59. The fraction of sp³-hybridized carbons (Fsp3) is 0.263. The van der Waals surface area contributed by atoms with Crippen molar-refractivity contribution in [2.75, 3.05) is 10.2 Å². The Morgan fingerprint density at radius 1 is 1.12 bits per heavy atom. The smallest absolute Gasteiger partial charge is 0.305 e. The fourth-order valence-electron chi connectivity index (χ4n) is 3.09. The van der Waals surface area contributed by atoms with Gasteiger partial charge in [-0.15, -0.1) is 11.3 Å². The highest BCUT2D eigenvalue weighted by atomic mass is 32.1. The van der Waals surface area contributed by atoms with Crippen LogP contribution < -0.4 is 10.2 Å². The molecule has 2 amide bonds. The number of rotatable bonds is 1. The van der Waals surface area contributed by atoms with Crippen LogP contribution >= 0.6 is 11.3 Å². The molecule has 3 heterocycles. The van der Waals surface area contributed by atoms with E-state index in [-0.39, 0.29) is 11.4 Å². The molecule has 1 N–H and O–H groups in total. The maximum atomic E-state index is 12.7. The van der Waals surface area contributed by atoms with Crippen LogP contribution in [0.4, 0.5) is 21.9 Å². The minimum Gasteiger partial charge on any atom is -0.305 e. The number of carbonyl (C=O) groups excluding carboxylic acids is 1. The summed E-state index contributed by atoms with van der Waals surface area (Å²) in [5, 5.41) is 4.05. The van der Waals surface area contributed by atoms with Crippen LogP contribution in [0.5, 0.6) is 0 Å². The molecular formula is C19H19N3OS. The first-order chi connectivity index (χ1) is 11.4. The van der Waals surface area contributed by atoms with Crippen LogP contribution in [0.2, 0.25) is 0 Å². The molecule has 0 saturated heterocycles. The lowest BCUT2D eigenvalue weighted by Crippen LogP contribution is -2.33. The average Bonchev–Trinajstić information content (AvgIpc) is 2.84. The molecule has 0 bridgehead atoms. The molecule has 24 heavy (non-hydrogen) atoms. The van der Waals surface area contributed by atoms with E-state index in [0.29, 0.717) is 0 Å². The summed E-state index contributed by atoms with van der Waals surface area (Å²) in [4.78, 5) is 20.9. The molecule has 0 atom stereocenters. The molecular weight excluding hydrogens is 318 g/mol. The molecule has 5 heteroatoms. The number of hydrogen-bond donors (Lipinski definition) is 1. The van der Waals surface area contributed by atoms with E-state index in [9.17, 15) is 4.79 Å². The summed E-state index contributed by atoms with van der Waals surface area (Å²) >= 11 is 1.61. The highest BCUT2D eigenvalue weighted by Crippen LogP contribution is 2.45. The van der Waals surface area contributed by atoms with Crippen molar-refractivity contribution < 1.29 is 4.79 Å². The maximum absolute atomic E-state index is 12.7. The highest BCUT2D eigenvalue weighted by Gasteiger charge is 2.29. The highest BCUT2D eigenvalue weighted by molar-refractivity contribution is 7.19. The zero-order chi connectivity index (χ0) is 17.1. The van der Waals surface area contributed by atoms with Crippen molar-refractivity contribution in [1.29, 1.82) is 0 Å². The Kier molecular flexibility index (Phi) is 3.18. The molecule has 0 fully saturated rings. The third kappa shape index (κ3) is 2.19. The van der Waals surface area contributed by atoms with Crippen LogP contribution in [0.1, 0.15) is 31.2 Å². The van der Waals surface area contributed by atoms with Crippen molar-refractivity contribution in [3.8, 4) is 0 Å². The number of carbonyl (C=O) groups is 1. The first kappa shape index (κ1) is 15.1. The summed E-state index contributed by atoms with van der Waals surface area (Å²) in [6.07, 6.45) is 1.77. The van der Waals surface area contributed by atoms with Gasteiger partial charge < -0.3 is 5.32 Å². The van der Waals surface area contributed by atoms with Crippen molar-refractivity contribution in [2.24, 2.45) is 0 Å². The molecule has 1 aliphatic rings. The zero-order valence-electron chi connectivity index (χ0n) is 14.2. The van der Waals surface area contributed by atoms with Crippen LogP contribution in [0.25, 0.3) is 10.2 Å². The summed E-state index contributed by atoms with van der Waals surface area (Å²) in [6, 6.07) is 9.99. The van der Waals surface area contributed by atoms with Gasteiger partial charge in [0.2, 0.25) is 0 Å². The van der Waals surface area contributed by atoms with Crippen molar-refractivity contribution in [2.45, 2.75) is 33.1 Å². The number of hydrogen-bond acceptors (Lipinski definition) is 3. The summed E-state index contributed by atoms with van der Waals surface area (Å²) in [5.41, 5.74) is 3.99. The van der Waals surface area contributed by atoms with Gasteiger partial charge >= 0.3 is 6.03 Å². The number of nitrogens with one attached hydrogen (secondary N) is 1. The maximum Gasteiger partial charge on any atom is 0.331 e. The van der Waals surface area contributed by atoms with Crippen molar-refractivity contribution in [1.82, 2.24) is 4.98 Å². The standard InChI is InChI=1S/C19H19N3OS/c1-11-16-15-14(9-10-20-17(15)24-11)22(18(23)21-16)13-7-5-12(6-8-13)19(2,3)4/h5-10H,1-4H3,(H,21,23). The van der Waals surface area contributed by atoms with Gasteiger partial charge in [-0.25, -0.2) is 9.78 Å². The van der Waals surface area contributed by atoms with E-state index in [1.165, 1.54) is 5.56 Å². The molecule has 4 nitrogen and oxygen atoms in total. The lowest BCUT2D eigenvalue weighted by atomic mass is 9.87. The summed E-state index contributed by atoms with van der Waals surface area (Å²) in [6.45, 7) is 8.56. The topological polar surface area (TPSA) is 45.2 Å². The van der Waals surface area contributed by atoms with Gasteiger partial charge in [0.1, 0.15) is 4.83 Å². The second kappa shape index (κ2) is 5.05. The van der Waals surface area contributed by atoms with Crippen LogP contribution in [0, 0.1) is 6.92 Å². The molecule has 1 aliphatic heterocycles. The number of thiophene rings is 1. The number of pyridine rings is 1. The lowest BCUT2D eigenvalue weighted by molar-refractivity contribution is 0.259. The predicted molar refractivity (Wildman–Crippen MR) is 101 cm³/mol. The number of nitrogens with zero attached hydrogens (tertiary/aromatic N) is 2. The van der Waals surface area contributed by atoms with Gasteiger partial charge in [0, 0.05) is 11.1 Å². The first-order valence-electron chi connectivity index (χ1n) is 7.96. The van der Waals surface area contributed by atoms with Gasteiger partial charge in [-0.1, -0.05) is 32.9 Å². The van der Waals surface area contributed by atoms with Gasteiger partial charge in [-0.05, 0) is 36.1 Å². The summed E-state index contributed by atoms with van der Waals surface area (Å²) < 4.78 is 0. The SMILES string of the molecule is Cc1sc2nccc3c2c1NC(=O)N3c1ccc(C(C)(C)C)cc1. The largest absolute Gasteiger partial charge is 0.331 e. The van der Waals surface area contributed by atoms with Crippen LogP contribution in [-0.4, -0.2) is 11.0 Å². The number of aromatic nitrogens is 1. The van der Waals surface area contributed by atoms with Crippen molar-refractivity contribution in [3.05, 3.63) is 47.0 Å². The Bertz CT molecular complexity index is 951. The quantitative estimate of drug-likeness (QED) is 0.629. The molecule has 1 aromatic carbocycles. The van der Waals surface area contributed by atoms with Crippen LogP contribution in [0.3, 0.4) is 0 Å². The number of benzene rings is 1. The Hall–Kier alpha value is -2.40. The van der Waals surface area contributed by atoms with Crippen LogP contribution in [-0.2, 0) is 5.41 Å². The first-order valence-corrected chi connectivity index (χ1v) is 8.77. The third-order valence-corrected chi connectivity index (χ3v) is 5.43. The Labute approximate surface area is 145 Å². The van der Waals surface area contributed by atoms with E-state index in [4.69, 9.17) is 0 Å². The number of anilines is 3. The zero-order valence-corrected chi connectivity index (χ0v) is 15.0. The third-order valence-electron chi connectivity index (χ3n) is 4.41. The molecule has 0 aliphatic carbocycles. The van der Waals surface area contributed by atoms with Gasteiger partial charge in [-0.3, -0.25) is 4.90 Å². The fourth-order valence-corrected chi connectivity index (χ4v) is 4.06. The van der Waals surface area contributed by atoms with Gasteiger partial charge in [0.05, 0.1) is 22.4 Å². The average molecular weight is 337 g/mol. The summed E-state index contributed by atoms with van der Waals surface area (Å²) in [7, 11) is 0. The molecule has 0 radical (unpaired) electrons. The Morgan fingerprint density at radius 2 is 1.83 bits per heavy atom. The lowest BCUT2D eigenvalue weighted by Gasteiger charge is -2.29. The number of urea groups is 1. The van der Waals surface area contributed by atoms with Gasteiger partial charge in [0.15, 0.2) is 0 Å². The van der Waals surface area contributed by atoms with Gasteiger partial charge in [0.25, 0.3) is 0 Å². The molecule has 122 valence electrons. The molecule has 0 saturated carbocycles. The minimum atomic E-state index is -0.125. The summed E-state index contributed by atoms with van der Waals surface area (Å²) in [5.74, 6) is 0. The molecule has 0 spiro atoms. The number of aryl methyl sites for hydroxylation is 1. The van der Waals surface area contributed by atoms with Crippen LogP contribution in [0.15, 0.2) is 36.5 Å². The van der Waals surface area contributed by atoms with E-state index >= 15 is 0 Å². The van der Waals surface area contributed by atoms with E-state index in [2.05, 4.69) is 43.2 Å².